The molecule has 8 nitrogen and oxygen atoms in total. The van der Waals surface area contributed by atoms with Crippen LogP contribution in [0, 0.1) is 10.1 Å². The highest BCUT2D eigenvalue weighted by Gasteiger charge is 2.20. The van der Waals surface area contributed by atoms with E-state index in [1.54, 1.807) is 24.4 Å². The second kappa shape index (κ2) is 6.44. The van der Waals surface area contributed by atoms with Gasteiger partial charge in [0.1, 0.15) is 0 Å². The number of carbonyl (C=O) groups excluding carboxylic acids is 1. The minimum absolute atomic E-state index is 0.0847. The smallest absolute Gasteiger partial charge is 0.336 e. The van der Waals surface area contributed by atoms with Gasteiger partial charge in [-0.15, -0.1) is 0 Å². The van der Waals surface area contributed by atoms with E-state index >= 15 is 0 Å². The van der Waals surface area contributed by atoms with Gasteiger partial charge in [0.25, 0.3) is 11.6 Å². The second-order valence-electron chi connectivity index (χ2n) is 4.30. The Morgan fingerprint density at radius 2 is 2.00 bits per heavy atom. The molecule has 0 saturated carbocycles. The van der Waals surface area contributed by atoms with Crippen molar-refractivity contribution in [1.29, 1.82) is 0 Å². The summed E-state index contributed by atoms with van der Waals surface area (Å²) >= 11 is 0. The fourth-order valence-electron chi connectivity index (χ4n) is 1.79. The molecular formula is C14H11N3O5. The van der Waals surface area contributed by atoms with Crippen molar-refractivity contribution >= 4 is 17.6 Å². The summed E-state index contributed by atoms with van der Waals surface area (Å²) in [5.74, 6) is -2.05. The van der Waals surface area contributed by atoms with Crippen LogP contribution in [-0.2, 0) is 6.54 Å². The maximum atomic E-state index is 12.1. The summed E-state index contributed by atoms with van der Waals surface area (Å²) in [5.41, 5.74) is -0.340. The van der Waals surface area contributed by atoms with Crippen LogP contribution in [0.2, 0.25) is 0 Å². The topological polar surface area (TPSA) is 122 Å². The largest absolute Gasteiger partial charge is 0.478 e. The highest BCUT2D eigenvalue weighted by molar-refractivity contribution is 6.05. The molecule has 0 aliphatic carbocycles. The number of carboxylic acid groups (broad SMARTS) is 1. The third kappa shape index (κ3) is 3.42. The Labute approximate surface area is 124 Å². The van der Waals surface area contributed by atoms with E-state index in [2.05, 4.69) is 10.3 Å². The zero-order chi connectivity index (χ0) is 16.1. The molecule has 0 saturated heterocycles. The molecule has 0 bridgehead atoms. The van der Waals surface area contributed by atoms with Gasteiger partial charge in [0.2, 0.25) is 0 Å². The van der Waals surface area contributed by atoms with Crippen molar-refractivity contribution in [1.82, 2.24) is 10.3 Å². The number of benzene rings is 1. The van der Waals surface area contributed by atoms with Crippen LogP contribution in [0.15, 0.2) is 42.6 Å². The van der Waals surface area contributed by atoms with Crippen LogP contribution in [0.4, 0.5) is 5.69 Å². The Bertz CT molecular complexity index is 731. The summed E-state index contributed by atoms with van der Waals surface area (Å²) in [4.78, 5) is 37.3. The first-order valence-electron chi connectivity index (χ1n) is 6.19. The molecule has 1 amide bonds. The van der Waals surface area contributed by atoms with Crippen molar-refractivity contribution < 1.29 is 19.6 Å². The molecule has 1 aromatic carbocycles. The molecule has 1 heterocycles. The first kappa shape index (κ1) is 15.1. The Morgan fingerprint density at radius 3 is 2.59 bits per heavy atom. The number of carboxylic acids is 1. The lowest BCUT2D eigenvalue weighted by Crippen LogP contribution is -2.25. The fraction of sp³-hybridized carbons (Fsp3) is 0.0714. The highest BCUT2D eigenvalue weighted by Crippen LogP contribution is 2.18. The zero-order valence-corrected chi connectivity index (χ0v) is 11.2. The lowest BCUT2D eigenvalue weighted by Gasteiger charge is -2.07. The van der Waals surface area contributed by atoms with Crippen molar-refractivity contribution in [3.63, 3.8) is 0 Å². The van der Waals surface area contributed by atoms with Crippen molar-refractivity contribution in [2.24, 2.45) is 0 Å². The minimum Gasteiger partial charge on any atom is -0.478 e. The van der Waals surface area contributed by atoms with Crippen LogP contribution in [0.25, 0.3) is 0 Å². The number of nitrogens with one attached hydrogen (secondary N) is 1. The lowest BCUT2D eigenvalue weighted by atomic mass is 10.1. The van der Waals surface area contributed by atoms with E-state index in [0.717, 1.165) is 18.2 Å². The number of nitro benzene ring substituents is 1. The summed E-state index contributed by atoms with van der Waals surface area (Å²) < 4.78 is 0. The standard InChI is InChI=1S/C14H11N3O5/c18-13(16-8-9-3-1-2-6-15-9)12-7-10(17(21)22)4-5-11(12)14(19)20/h1-7H,8H2,(H,16,18)(H,19,20). The number of nitrogens with zero attached hydrogens (tertiary/aromatic N) is 2. The molecule has 0 unspecified atom stereocenters. The molecule has 0 spiro atoms. The molecule has 2 N–H and O–H groups in total. The van der Waals surface area contributed by atoms with Crippen molar-refractivity contribution in [3.8, 4) is 0 Å². The lowest BCUT2D eigenvalue weighted by molar-refractivity contribution is -0.384. The first-order chi connectivity index (χ1) is 10.5. The Balaban J connectivity index is 2.25. The van der Waals surface area contributed by atoms with E-state index in [0.29, 0.717) is 5.69 Å². The molecule has 0 aliphatic heterocycles. The predicted molar refractivity (Wildman–Crippen MR) is 75.5 cm³/mol. The van der Waals surface area contributed by atoms with Gasteiger partial charge in [0.15, 0.2) is 0 Å². The number of rotatable bonds is 5. The highest BCUT2D eigenvalue weighted by atomic mass is 16.6. The summed E-state index contributed by atoms with van der Waals surface area (Å²) in [5, 5.41) is 22.3. The van der Waals surface area contributed by atoms with Crippen LogP contribution in [0.3, 0.4) is 0 Å². The van der Waals surface area contributed by atoms with Crippen LogP contribution in [0.5, 0.6) is 0 Å². The summed E-state index contributed by atoms with van der Waals surface area (Å²) in [6.07, 6.45) is 1.55. The Morgan fingerprint density at radius 1 is 1.23 bits per heavy atom. The molecular weight excluding hydrogens is 290 g/mol. The van der Waals surface area contributed by atoms with E-state index in [-0.39, 0.29) is 23.4 Å². The summed E-state index contributed by atoms with van der Waals surface area (Å²) in [6.45, 7) is 0.0847. The van der Waals surface area contributed by atoms with E-state index in [1.165, 1.54) is 0 Å². The van der Waals surface area contributed by atoms with E-state index in [9.17, 15) is 19.7 Å². The molecule has 0 atom stereocenters. The summed E-state index contributed by atoms with van der Waals surface area (Å²) in [7, 11) is 0. The van der Waals surface area contributed by atoms with E-state index in [1.807, 2.05) is 0 Å². The molecule has 112 valence electrons. The maximum absolute atomic E-state index is 12.1. The number of non-ortho nitro benzene ring substituents is 1. The number of amides is 1. The third-order valence-electron chi connectivity index (χ3n) is 2.85. The molecule has 2 aromatic rings. The first-order valence-corrected chi connectivity index (χ1v) is 6.19. The third-order valence-corrected chi connectivity index (χ3v) is 2.85. The summed E-state index contributed by atoms with van der Waals surface area (Å²) in [6, 6.07) is 8.16. The number of aromatic nitrogens is 1. The van der Waals surface area contributed by atoms with E-state index < -0.39 is 16.8 Å². The van der Waals surface area contributed by atoms with Crippen molar-refractivity contribution in [3.05, 3.63) is 69.5 Å². The normalized spacial score (nSPS) is 10.0. The SMILES string of the molecule is O=C(O)c1ccc([N+](=O)[O-])cc1C(=O)NCc1ccccn1. The van der Waals surface area contributed by atoms with Gasteiger partial charge in [0.05, 0.1) is 28.3 Å². The number of aromatic carboxylic acids is 1. The molecule has 22 heavy (non-hydrogen) atoms. The van der Waals surface area contributed by atoms with Crippen molar-refractivity contribution in [2.75, 3.05) is 0 Å². The predicted octanol–water partition coefficient (Wildman–Crippen LogP) is 1.62. The monoisotopic (exact) mass is 301 g/mol. The molecule has 2 rings (SSSR count). The Hall–Kier alpha value is -3.29. The van der Waals surface area contributed by atoms with Gasteiger partial charge in [-0.2, -0.15) is 0 Å². The van der Waals surface area contributed by atoms with Crippen LogP contribution < -0.4 is 5.32 Å². The fourth-order valence-corrected chi connectivity index (χ4v) is 1.79. The molecule has 0 radical (unpaired) electrons. The van der Waals surface area contributed by atoms with Gasteiger partial charge in [-0.1, -0.05) is 6.07 Å². The van der Waals surface area contributed by atoms with Gasteiger partial charge in [-0.05, 0) is 18.2 Å². The van der Waals surface area contributed by atoms with Gasteiger partial charge in [-0.3, -0.25) is 19.9 Å². The minimum atomic E-state index is -1.34. The number of pyridine rings is 1. The van der Waals surface area contributed by atoms with Crippen LogP contribution in [-0.4, -0.2) is 26.9 Å². The van der Waals surface area contributed by atoms with Gasteiger partial charge < -0.3 is 10.4 Å². The van der Waals surface area contributed by atoms with Gasteiger partial charge >= 0.3 is 5.97 Å². The average molecular weight is 301 g/mol. The number of hydrogen-bond acceptors (Lipinski definition) is 5. The number of nitro groups is 1. The number of hydrogen-bond donors (Lipinski definition) is 2. The molecule has 0 aliphatic rings. The Kier molecular flexibility index (Phi) is 4.42. The zero-order valence-electron chi connectivity index (χ0n) is 11.2. The molecule has 0 fully saturated rings. The van der Waals surface area contributed by atoms with Crippen LogP contribution in [0.1, 0.15) is 26.4 Å². The van der Waals surface area contributed by atoms with Crippen molar-refractivity contribution in [2.45, 2.75) is 6.54 Å². The average Bonchev–Trinajstić information content (AvgIpc) is 2.52. The number of carbonyl (C=O) groups is 2. The quantitative estimate of drug-likeness (QED) is 0.639. The van der Waals surface area contributed by atoms with Gasteiger partial charge in [-0.25, -0.2) is 4.79 Å². The molecule has 1 aromatic heterocycles. The second-order valence-corrected chi connectivity index (χ2v) is 4.30. The maximum Gasteiger partial charge on any atom is 0.336 e. The molecule has 8 heteroatoms. The van der Waals surface area contributed by atoms with Gasteiger partial charge in [0, 0.05) is 18.3 Å². The van der Waals surface area contributed by atoms with E-state index in [4.69, 9.17) is 5.11 Å². The van der Waals surface area contributed by atoms with Crippen LogP contribution >= 0.6 is 0 Å².